The summed E-state index contributed by atoms with van der Waals surface area (Å²) in [6, 6.07) is 22.4. The summed E-state index contributed by atoms with van der Waals surface area (Å²) in [5.41, 5.74) is 5.25. The summed E-state index contributed by atoms with van der Waals surface area (Å²) in [4.78, 5) is 29.7. The van der Waals surface area contributed by atoms with E-state index in [1.54, 1.807) is 48.5 Å². The van der Waals surface area contributed by atoms with Gasteiger partial charge in [0.25, 0.3) is 5.91 Å². The van der Waals surface area contributed by atoms with Gasteiger partial charge in [0, 0.05) is 31.6 Å². The Morgan fingerprint density at radius 1 is 0.956 bits per heavy atom. The van der Waals surface area contributed by atoms with Crippen molar-refractivity contribution in [3.05, 3.63) is 105 Å². The molecule has 0 bridgehead atoms. The number of nitriles is 1. The first kappa shape index (κ1) is 31.1. The maximum absolute atomic E-state index is 13.5. The number of carbonyl (C=O) groups excluding carboxylic acids is 2. The molecule has 0 fully saturated rings. The first-order valence-electron chi connectivity index (χ1n) is 13.2. The Hall–Kier alpha value is -5.31. The van der Waals surface area contributed by atoms with Crippen LogP contribution in [0.1, 0.15) is 32.0 Å². The van der Waals surface area contributed by atoms with Crippen molar-refractivity contribution in [1.82, 2.24) is 10.4 Å². The van der Waals surface area contributed by atoms with E-state index in [4.69, 9.17) is 30.5 Å². The van der Waals surface area contributed by atoms with Gasteiger partial charge in [-0.3, -0.25) is 4.79 Å². The van der Waals surface area contributed by atoms with Crippen LogP contribution in [0.3, 0.4) is 0 Å². The van der Waals surface area contributed by atoms with E-state index in [1.807, 2.05) is 12.1 Å². The smallest absolute Gasteiger partial charge is 0.343 e. The average molecular weight is 688 g/mol. The number of halogens is 2. The summed E-state index contributed by atoms with van der Waals surface area (Å²) in [6.07, 6.45) is 1.35. The highest BCUT2D eigenvalue weighted by molar-refractivity contribution is 9.10. The molecule has 0 atom stereocenters. The molecule has 0 saturated carbocycles. The zero-order valence-corrected chi connectivity index (χ0v) is 26.4. The highest BCUT2D eigenvalue weighted by atomic mass is 79.9. The number of H-pyrrole nitrogens is 1. The van der Waals surface area contributed by atoms with Crippen LogP contribution in [-0.4, -0.2) is 44.4 Å². The second-order valence-electron chi connectivity index (χ2n) is 9.38. The monoisotopic (exact) mass is 686 g/mol. The number of fused-ring (bicyclic) bond motifs is 1. The van der Waals surface area contributed by atoms with E-state index < -0.39 is 11.9 Å². The largest absolute Gasteiger partial charge is 0.493 e. The Balaban J connectivity index is 1.44. The van der Waals surface area contributed by atoms with Crippen molar-refractivity contribution < 1.29 is 28.5 Å². The van der Waals surface area contributed by atoms with E-state index in [0.717, 1.165) is 0 Å². The minimum atomic E-state index is -0.689. The summed E-state index contributed by atoms with van der Waals surface area (Å²) < 4.78 is 22.4. The zero-order chi connectivity index (χ0) is 32.1. The molecular formula is C33H24BrClN4O6. The summed E-state index contributed by atoms with van der Waals surface area (Å²) in [5, 5.41) is 14.9. The lowest BCUT2D eigenvalue weighted by Gasteiger charge is -2.14. The number of hydrogen-bond acceptors (Lipinski definition) is 8. The number of ether oxygens (including phenoxy) is 4. The standard InChI is InChI=1S/C33H24BrClN4O6/c1-42-26-14-19(15-27(43-2)31(26)44-3)33(41)45-25-12-11-21(34)13-20(25)17-37-39-32(40)30-28(22-8-4-5-10-24(22)35)23-9-6-7-18(16-36)29(23)38-30/h4-15,17,38H,1-3H3,(H,39,40). The van der Waals surface area contributed by atoms with Gasteiger partial charge in [-0.05, 0) is 42.5 Å². The molecule has 12 heteroatoms. The Kier molecular flexibility index (Phi) is 9.37. The third kappa shape index (κ3) is 6.33. The summed E-state index contributed by atoms with van der Waals surface area (Å²) in [5.74, 6) is -0.173. The molecule has 2 N–H and O–H groups in total. The van der Waals surface area contributed by atoms with Crippen LogP contribution in [0.5, 0.6) is 23.0 Å². The molecule has 5 aromatic rings. The number of carbonyl (C=O) groups is 2. The molecule has 4 aromatic carbocycles. The van der Waals surface area contributed by atoms with Gasteiger partial charge in [-0.1, -0.05) is 57.9 Å². The third-order valence-electron chi connectivity index (χ3n) is 6.77. The number of aromatic nitrogens is 1. The van der Waals surface area contributed by atoms with Gasteiger partial charge in [0.05, 0.1) is 44.2 Å². The number of hydrogen-bond donors (Lipinski definition) is 2. The van der Waals surface area contributed by atoms with E-state index in [-0.39, 0.29) is 17.0 Å². The molecule has 0 radical (unpaired) electrons. The fourth-order valence-corrected chi connectivity index (χ4v) is 5.32. The van der Waals surface area contributed by atoms with Gasteiger partial charge in [0.15, 0.2) is 11.5 Å². The van der Waals surface area contributed by atoms with E-state index >= 15 is 0 Å². The number of para-hydroxylation sites is 1. The van der Waals surface area contributed by atoms with Crippen LogP contribution < -0.4 is 24.4 Å². The topological polar surface area (TPSA) is 135 Å². The van der Waals surface area contributed by atoms with Gasteiger partial charge in [0.1, 0.15) is 17.5 Å². The number of benzene rings is 4. The second kappa shape index (κ2) is 13.5. The van der Waals surface area contributed by atoms with Crippen LogP contribution in [-0.2, 0) is 0 Å². The summed E-state index contributed by atoms with van der Waals surface area (Å²) >= 11 is 9.93. The molecule has 0 unspecified atom stereocenters. The molecule has 45 heavy (non-hydrogen) atoms. The third-order valence-corrected chi connectivity index (χ3v) is 7.59. The number of aromatic amines is 1. The van der Waals surface area contributed by atoms with Crippen LogP contribution in [0, 0.1) is 11.3 Å². The van der Waals surface area contributed by atoms with E-state index in [1.165, 1.54) is 39.7 Å². The van der Waals surface area contributed by atoms with Crippen LogP contribution in [0.25, 0.3) is 22.0 Å². The molecule has 5 rings (SSSR count). The van der Waals surface area contributed by atoms with Crippen molar-refractivity contribution in [3.63, 3.8) is 0 Å². The van der Waals surface area contributed by atoms with Gasteiger partial charge < -0.3 is 23.9 Å². The number of nitrogens with one attached hydrogen (secondary N) is 2. The number of amides is 1. The quantitative estimate of drug-likeness (QED) is 0.0729. The predicted octanol–water partition coefficient (Wildman–Crippen LogP) is 7.13. The first-order valence-corrected chi connectivity index (χ1v) is 14.4. The molecule has 1 amide bonds. The lowest BCUT2D eigenvalue weighted by Crippen LogP contribution is -2.19. The van der Waals surface area contributed by atoms with Crippen molar-refractivity contribution in [1.29, 1.82) is 5.26 Å². The Morgan fingerprint density at radius 3 is 2.36 bits per heavy atom. The average Bonchev–Trinajstić information content (AvgIpc) is 3.45. The van der Waals surface area contributed by atoms with Gasteiger partial charge in [-0.15, -0.1) is 0 Å². The Bertz CT molecular complexity index is 1990. The number of hydrazone groups is 1. The minimum Gasteiger partial charge on any atom is -0.493 e. The maximum atomic E-state index is 13.5. The first-order chi connectivity index (χ1) is 21.8. The number of esters is 1. The highest BCUT2D eigenvalue weighted by Gasteiger charge is 2.23. The van der Waals surface area contributed by atoms with Crippen molar-refractivity contribution in [2.45, 2.75) is 0 Å². The van der Waals surface area contributed by atoms with Crippen molar-refractivity contribution in [2.24, 2.45) is 5.10 Å². The number of methoxy groups -OCH3 is 3. The zero-order valence-electron chi connectivity index (χ0n) is 24.1. The minimum absolute atomic E-state index is 0.159. The van der Waals surface area contributed by atoms with Gasteiger partial charge >= 0.3 is 5.97 Å². The molecule has 1 aromatic heterocycles. The fourth-order valence-electron chi connectivity index (χ4n) is 4.71. The highest BCUT2D eigenvalue weighted by Crippen LogP contribution is 2.39. The summed E-state index contributed by atoms with van der Waals surface area (Å²) in [7, 11) is 4.35. The van der Waals surface area contributed by atoms with Gasteiger partial charge in [0.2, 0.25) is 5.75 Å². The lowest BCUT2D eigenvalue weighted by atomic mass is 10.0. The second-order valence-corrected chi connectivity index (χ2v) is 10.7. The fraction of sp³-hybridized carbons (Fsp3) is 0.0909. The number of nitrogens with zero attached hydrogens (tertiary/aromatic N) is 2. The molecule has 1 heterocycles. The van der Waals surface area contributed by atoms with E-state index in [9.17, 15) is 14.9 Å². The van der Waals surface area contributed by atoms with Crippen LogP contribution in [0.15, 0.2) is 82.4 Å². The van der Waals surface area contributed by atoms with Crippen molar-refractivity contribution >= 4 is 56.5 Å². The van der Waals surface area contributed by atoms with Crippen molar-refractivity contribution in [3.8, 4) is 40.2 Å². The molecule has 0 saturated heterocycles. The molecule has 0 aliphatic rings. The SMILES string of the molecule is COc1cc(C(=O)Oc2ccc(Br)cc2C=NNC(=O)c2[nH]c3c(C#N)cccc3c2-c2ccccc2Cl)cc(OC)c1OC. The Labute approximate surface area is 271 Å². The normalized spacial score (nSPS) is 10.8. The van der Waals surface area contributed by atoms with Gasteiger partial charge in [-0.25, -0.2) is 10.2 Å². The van der Waals surface area contributed by atoms with Crippen LogP contribution in [0.4, 0.5) is 0 Å². The summed E-state index contributed by atoms with van der Waals surface area (Å²) in [6.45, 7) is 0. The van der Waals surface area contributed by atoms with Crippen LogP contribution >= 0.6 is 27.5 Å². The predicted molar refractivity (Wildman–Crippen MR) is 174 cm³/mol. The van der Waals surface area contributed by atoms with Crippen molar-refractivity contribution in [2.75, 3.05) is 21.3 Å². The van der Waals surface area contributed by atoms with Crippen LogP contribution in [0.2, 0.25) is 5.02 Å². The van der Waals surface area contributed by atoms with E-state index in [2.05, 4.69) is 37.5 Å². The molecule has 0 aliphatic carbocycles. The van der Waals surface area contributed by atoms with Gasteiger partial charge in [-0.2, -0.15) is 10.4 Å². The van der Waals surface area contributed by atoms with E-state index in [0.29, 0.717) is 59.9 Å². The lowest BCUT2D eigenvalue weighted by molar-refractivity contribution is 0.0733. The Morgan fingerprint density at radius 2 is 1.69 bits per heavy atom. The molecule has 226 valence electrons. The molecule has 10 nitrogen and oxygen atoms in total. The number of rotatable bonds is 9. The maximum Gasteiger partial charge on any atom is 0.343 e. The molecule has 0 aliphatic heterocycles. The molecular weight excluding hydrogens is 664 g/mol. The molecule has 0 spiro atoms.